The van der Waals surface area contributed by atoms with Crippen molar-refractivity contribution in [1.82, 2.24) is 5.32 Å². The van der Waals surface area contributed by atoms with Crippen molar-refractivity contribution in [3.63, 3.8) is 0 Å². The van der Waals surface area contributed by atoms with E-state index in [1.165, 1.54) is 11.1 Å². The van der Waals surface area contributed by atoms with Gasteiger partial charge in [0.25, 0.3) is 0 Å². The van der Waals surface area contributed by atoms with Crippen LogP contribution < -0.4 is 10.2 Å². The molecule has 1 aromatic rings. The summed E-state index contributed by atoms with van der Waals surface area (Å²) in [4.78, 5) is 14.3. The van der Waals surface area contributed by atoms with E-state index >= 15 is 0 Å². The first-order valence-corrected chi connectivity index (χ1v) is 6.52. The summed E-state index contributed by atoms with van der Waals surface area (Å²) >= 11 is 0. The molecule has 3 heteroatoms. The van der Waals surface area contributed by atoms with Crippen LogP contribution in [0.25, 0.3) is 0 Å². The number of rotatable bonds is 1. The average Bonchev–Trinajstić information content (AvgIpc) is 2.36. The molecule has 98 valence electrons. The lowest BCUT2D eigenvalue weighted by atomic mass is 10.0. The molecule has 0 aromatic heterocycles. The number of hydrogen-bond donors (Lipinski definition) is 1. The molecule has 0 bridgehead atoms. The van der Waals surface area contributed by atoms with Gasteiger partial charge in [-0.1, -0.05) is 17.7 Å². The summed E-state index contributed by atoms with van der Waals surface area (Å²) in [6.45, 7) is 9.88. The summed E-state index contributed by atoms with van der Waals surface area (Å²) in [7, 11) is 0. The van der Waals surface area contributed by atoms with Gasteiger partial charge in [0.05, 0.1) is 0 Å². The number of carbonyl (C=O) groups is 1. The SMILES string of the molecule is Cc1ccc(N2CCNC(C)(C)CC2=O)c(C)c1. The van der Waals surface area contributed by atoms with E-state index in [2.05, 4.69) is 51.2 Å². The number of nitrogens with one attached hydrogen (secondary N) is 1. The minimum absolute atomic E-state index is 0.107. The molecule has 1 amide bonds. The fourth-order valence-corrected chi connectivity index (χ4v) is 2.53. The Bertz CT molecular complexity index is 466. The second-order valence-electron chi connectivity index (χ2n) is 5.82. The van der Waals surface area contributed by atoms with E-state index in [0.717, 1.165) is 18.8 Å². The first kappa shape index (κ1) is 13.1. The van der Waals surface area contributed by atoms with Gasteiger partial charge in [-0.15, -0.1) is 0 Å². The van der Waals surface area contributed by atoms with Crippen LogP contribution in [0.2, 0.25) is 0 Å². The van der Waals surface area contributed by atoms with Gasteiger partial charge in [-0.05, 0) is 39.3 Å². The second-order valence-corrected chi connectivity index (χ2v) is 5.82. The first-order chi connectivity index (χ1) is 8.39. The third-order valence-corrected chi connectivity index (χ3v) is 3.48. The number of hydrogen-bond acceptors (Lipinski definition) is 2. The number of benzene rings is 1. The first-order valence-electron chi connectivity index (χ1n) is 6.52. The Morgan fingerprint density at radius 1 is 1.28 bits per heavy atom. The van der Waals surface area contributed by atoms with E-state index in [1.807, 2.05) is 4.90 Å². The Balaban J connectivity index is 2.30. The summed E-state index contributed by atoms with van der Waals surface area (Å²) in [5.74, 6) is 0.206. The highest BCUT2D eigenvalue weighted by molar-refractivity contribution is 5.95. The van der Waals surface area contributed by atoms with Crippen LogP contribution in [0.15, 0.2) is 18.2 Å². The van der Waals surface area contributed by atoms with Crippen molar-refractivity contribution in [2.24, 2.45) is 0 Å². The molecule has 3 nitrogen and oxygen atoms in total. The van der Waals surface area contributed by atoms with E-state index in [9.17, 15) is 4.79 Å². The lowest BCUT2D eigenvalue weighted by molar-refractivity contribution is -0.119. The maximum atomic E-state index is 12.4. The van der Waals surface area contributed by atoms with Crippen LogP contribution >= 0.6 is 0 Å². The predicted octanol–water partition coefficient (Wildman–Crippen LogP) is 2.41. The standard InChI is InChI=1S/C15H22N2O/c1-11-5-6-13(12(2)9-11)17-8-7-16-15(3,4)10-14(17)18/h5-6,9,16H,7-8,10H2,1-4H3. The molecular formula is C15H22N2O. The highest BCUT2D eigenvalue weighted by Crippen LogP contribution is 2.24. The van der Waals surface area contributed by atoms with E-state index in [1.54, 1.807) is 0 Å². The van der Waals surface area contributed by atoms with Crippen LogP contribution in [0.5, 0.6) is 0 Å². The highest BCUT2D eigenvalue weighted by Gasteiger charge is 2.29. The lowest BCUT2D eigenvalue weighted by Crippen LogP contribution is -2.39. The van der Waals surface area contributed by atoms with Gasteiger partial charge in [-0.25, -0.2) is 0 Å². The molecule has 1 fully saturated rings. The van der Waals surface area contributed by atoms with Gasteiger partial charge in [0.15, 0.2) is 0 Å². The monoisotopic (exact) mass is 246 g/mol. The molecule has 0 spiro atoms. The normalized spacial score (nSPS) is 19.8. The van der Waals surface area contributed by atoms with E-state index in [-0.39, 0.29) is 11.4 Å². The molecule has 1 saturated heterocycles. The number of anilines is 1. The van der Waals surface area contributed by atoms with Crippen LogP contribution in [0, 0.1) is 13.8 Å². The summed E-state index contributed by atoms with van der Waals surface area (Å²) < 4.78 is 0. The fourth-order valence-electron chi connectivity index (χ4n) is 2.53. The Kier molecular flexibility index (Phi) is 3.44. The Morgan fingerprint density at radius 3 is 2.67 bits per heavy atom. The molecule has 0 radical (unpaired) electrons. The largest absolute Gasteiger partial charge is 0.311 e. The fraction of sp³-hybridized carbons (Fsp3) is 0.533. The number of aryl methyl sites for hydroxylation is 2. The molecule has 1 N–H and O–H groups in total. The molecule has 1 heterocycles. The molecule has 0 saturated carbocycles. The van der Waals surface area contributed by atoms with Crippen LogP contribution in [0.1, 0.15) is 31.4 Å². The minimum Gasteiger partial charge on any atom is -0.311 e. The molecule has 2 rings (SSSR count). The summed E-state index contributed by atoms with van der Waals surface area (Å²) in [6.07, 6.45) is 0.542. The van der Waals surface area contributed by atoms with Crippen molar-refractivity contribution in [2.75, 3.05) is 18.0 Å². The van der Waals surface area contributed by atoms with Crippen molar-refractivity contribution in [1.29, 1.82) is 0 Å². The van der Waals surface area contributed by atoms with Crippen molar-refractivity contribution >= 4 is 11.6 Å². The second kappa shape index (κ2) is 4.73. The topological polar surface area (TPSA) is 32.3 Å². The summed E-state index contributed by atoms with van der Waals surface area (Å²) in [6, 6.07) is 6.26. The molecule has 0 atom stereocenters. The van der Waals surface area contributed by atoms with Gasteiger partial charge >= 0.3 is 0 Å². The van der Waals surface area contributed by atoms with Gasteiger partial charge in [0.1, 0.15) is 0 Å². The summed E-state index contributed by atoms with van der Waals surface area (Å²) in [5, 5.41) is 3.42. The molecule has 1 aliphatic heterocycles. The zero-order valence-corrected chi connectivity index (χ0v) is 11.7. The molecule has 1 aromatic carbocycles. The Labute approximate surface area is 109 Å². The zero-order chi connectivity index (χ0) is 13.3. The van der Waals surface area contributed by atoms with Crippen LogP contribution in [-0.2, 0) is 4.79 Å². The van der Waals surface area contributed by atoms with Gasteiger partial charge in [0, 0.05) is 30.7 Å². The number of amides is 1. The van der Waals surface area contributed by atoms with Gasteiger partial charge in [-0.3, -0.25) is 4.79 Å². The molecule has 0 unspecified atom stereocenters. The number of carbonyl (C=O) groups excluding carboxylic acids is 1. The van der Waals surface area contributed by atoms with Crippen LogP contribution in [-0.4, -0.2) is 24.5 Å². The smallest absolute Gasteiger partial charge is 0.228 e. The maximum Gasteiger partial charge on any atom is 0.228 e. The zero-order valence-electron chi connectivity index (χ0n) is 11.7. The molecule has 1 aliphatic rings. The van der Waals surface area contributed by atoms with Crippen LogP contribution in [0.4, 0.5) is 5.69 Å². The molecule has 18 heavy (non-hydrogen) atoms. The maximum absolute atomic E-state index is 12.4. The lowest BCUT2D eigenvalue weighted by Gasteiger charge is -2.24. The van der Waals surface area contributed by atoms with Crippen molar-refractivity contribution < 1.29 is 4.79 Å². The van der Waals surface area contributed by atoms with E-state index in [0.29, 0.717) is 6.42 Å². The molecular weight excluding hydrogens is 224 g/mol. The Morgan fingerprint density at radius 2 is 2.00 bits per heavy atom. The number of nitrogens with zero attached hydrogens (tertiary/aromatic N) is 1. The predicted molar refractivity (Wildman–Crippen MR) is 75.0 cm³/mol. The highest BCUT2D eigenvalue weighted by atomic mass is 16.2. The van der Waals surface area contributed by atoms with E-state index in [4.69, 9.17) is 0 Å². The van der Waals surface area contributed by atoms with Gasteiger partial charge in [0.2, 0.25) is 5.91 Å². The van der Waals surface area contributed by atoms with Crippen molar-refractivity contribution in [2.45, 2.75) is 39.7 Å². The quantitative estimate of drug-likeness (QED) is 0.825. The minimum atomic E-state index is -0.107. The van der Waals surface area contributed by atoms with Gasteiger partial charge < -0.3 is 10.2 Å². The molecule has 0 aliphatic carbocycles. The van der Waals surface area contributed by atoms with E-state index < -0.39 is 0 Å². The summed E-state index contributed by atoms with van der Waals surface area (Å²) in [5.41, 5.74) is 3.34. The van der Waals surface area contributed by atoms with Crippen molar-refractivity contribution in [3.05, 3.63) is 29.3 Å². The third-order valence-electron chi connectivity index (χ3n) is 3.48. The Hall–Kier alpha value is -1.35. The van der Waals surface area contributed by atoms with Crippen molar-refractivity contribution in [3.8, 4) is 0 Å². The van der Waals surface area contributed by atoms with Crippen LogP contribution in [0.3, 0.4) is 0 Å². The van der Waals surface area contributed by atoms with Gasteiger partial charge in [-0.2, -0.15) is 0 Å². The third kappa shape index (κ3) is 2.72. The average molecular weight is 246 g/mol.